The van der Waals surface area contributed by atoms with Crippen LogP contribution in [0.3, 0.4) is 0 Å². The number of rotatable bonds is 6. The Labute approximate surface area is 167 Å². The van der Waals surface area contributed by atoms with Crippen LogP contribution in [0.2, 0.25) is 0 Å². The Hall–Kier alpha value is -2.40. The molecule has 2 atom stereocenters. The molecule has 28 heavy (non-hydrogen) atoms. The van der Waals surface area contributed by atoms with E-state index in [4.69, 9.17) is 10.5 Å². The van der Waals surface area contributed by atoms with Gasteiger partial charge in [-0.15, -0.1) is 0 Å². The van der Waals surface area contributed by atoms with Crippen molar-refractivity contribution < 1.29 is 14.3 Å². The molecular formula is C23H32N2O3. The molecule has 0 aliphatic rings. The zero-order valence-corrected chi connectivity index (χ0v) is 17.7. The molecule has 5 nitrogen and oxygen atoms in total. The minimum atomic E-state index is -0.726. The number of Topliss-reactive ketones (excluding diaryl/α,β-unsaturated/α-hetero) is 1. The minimum absolute atomic E-state index is 0.209. The lowest BCUT2D eigenvalue weighted by molar-refractivity contribution is -0.122. The van der Waals surface area contributed by atoms with E-state index in [-0.39, 0.29) is 11.2 Å². The molecule has 0 aromatic heterocycles. The van der Waals surface area contributed by atoms with Crippen LogP contribution in [0.5, 0.6) is 0 Å². The average Bonchev–Trinajstić information content (AvgIpc) is 2.58. The van der Waals surface area contributed by atoms with E-state index >= 15 is 0 Å². The molecular weight excluding hydrogens is 352 g/mol. The van der Waals surface area contributed by atoms with Crippen molar-refractivity contribution in [1.82, 2.24) is 5.32 Å². The predicted octanol–water partition coefficient (Wildman–Crippen LogP) is 4.32. The quantitative estimate of drug-likeness (QED) is 0.777. The molecule has 0 heterocycles. The molecule has 1 unspecified atom stereocenters. The van der Waals surface area contributed by atoms with Crippen molar-refractivity contribution in [2.45, 2.75) is 71.1 Å². The summed E-state index contributed by atoms with van der Waals surface area (Å²) in [5.41, 5.74) is 5.94. The van der Waals surface area contributed by atoms with E-state index < -0.39 is 23.8 Å². The summed E-state index contributed by atoms with van der Waals surface area (Å²) in [6.07, 6.45) is -0.189. The van der Waals surface area contributed by atoms with E-state index in [1.165, 1.54) is 0 Å². The van der Waals surface area contributed by atoms with Gasteiger partial charge < -0.3 is 15.8 Å². The van der Waals surface area contributed by atoms with Gasteiger partial charge in [0, 0.05) is 0 Å². The predicted molar refractivity (Wildman–Crippen MR) is 113 cm³/mol. The van der Waals surface area contributed by atoms with Gasteiger partial charge in [-0.3, -0.25) is 4.79 Å². The molecule has 0 aliphatic carbocycles. The normalized spacial score (nSPS) is 14.4. The Kier molecular flexibility index (Phi) is 6.50. The van der Waals surface area contributed by atoms with E-state index in [1.807, 2.05) is 12.1 Å². The highest BCUT2D eigenvalue weighted by Crippen LogP contribution is 2.31. The summed E-state index contributed by atoms with van der Waals surface area (Å²) < 4.78 is 5.33. The standard InChI is InChI=1S/C23H32N2O3/c1-15(24)20(26)19(25-21(27)28-22(2,3)4)14-23(5,6)18-12-11-16-9-7-8-10-17(16)13-18/h7-13,15,19H,14,24H2,1-6H3,(H,25,27)/t15-,19?/m0/s1. The Balaban J connectivity index is 2.26. The van der Waals surface area contributed by atoms with Crippen LogP contribution in [0.15, 0.2) is 42.5 Å². The van der Waals surface area contributed by atoms with Crippen LogP contribution < -0.4 is 11.1 Å². The largest absolute Gasteiger partial charge is 0.444 e. The van der Waals surface area contributed by atoms with Crippen LogP contribution >= 0.6 is 0 Å². The third kappa shape index (κ3) is 5.80. The Morgan fingerprint density at radius 3 is 2.21 bits per heavy atom. The summed E-state index contributed by atoms with van der Waals surface area (Å²) in [6, 6.07) is 13.0. The molecule has 0 fully saturated rings. The van der Waals surface area contributed by atoms with Gasteiger partial charge in [0.15, 0.2) is 5.78 Å². The monoisotopic (exact) mass is 384 g/mol. The number of alkyl carbamates (subject to hydrolysis) is 1. The van der Waals surface area contributed by atoms with Crippen LogP contribution in [0, 0.1) is 0 Å². The van der Waals surface area contributed by atoms with Gasteiger partial charge in [-0.25, -0.2) is 4.79 Å². The van der Waals surface area contributed by atoms with E-state index in [0.717, 1.165) is 16.3 Å². The number of hydrogen-bond acceptors (Lipinski definition) is 4. The number of ether oxygens (including phenoxy) is 1. The number of nitrogens with one attached hydrogen (secondary N) is 1. The Bertz CT molecular complexity index is 850. The highest BCUT2D eigenvalue weighted by molar-refractivity contribution is 5.91. The van der Waals surface area contributed by atoms with Crippen LogP contribution in [0.4, 0.5) is 4.79 Å². The fourth-order valence-corrected chi connectivity index (χ4v) is 3.23. The molecule has 0 saturated heterocycles. The number of hydrogen-bond donors (Lipinski definition) is 2. The zero-order valence-electron chi connectivity index (χ0n) is 17.7. The lowest BCUT2D eigenvalue weighted by Gasteiger charge is -2.31. The molecule has 0 radical (unpaired) electrons. The highest BCUT2D eigenvalue weighted by atomic mass is 16.6. The average molecular weight is 385 g/mol. The minimum Gasteiger partial charge on any atom is -0.444 e. The summed E-state index contributed by atoms with van der Waals surface area (Å²) >= 11 is 0. The molecule has 5 heteroatoms. The molecule has 2 aromatic rings. The van der Waals surface area contributed by atoms with Crippen molar-refractivity contribution >= 4 is 22.6 Å². The molecule has 152 valence electrons. The van der Waals surface area contributed by atoms with Gasteiger partial charge in [0.1, 0.15) is 5.60 Å². The van der Waals surface area contributed by atoms with Gasteiger partial charge in [-0.1, -0.05) is 56.3 Å². The van der Waals surface area contributed by atoms with Crippen LogP contribution in [-0.2, 0) is 14.9 Å². The first-order valence-corrected chi connectivity index (χ1v) is 9.67. The van der Waals surface area contributed by atoms with Gasteiger partial charge in [-0.05, 0) is 55.9 Å². The van der Waals surface area contributed by atoms with E-state index in [2.05, 4.69) is 49.5 Å². The molecule has 1 amide bonds. The van der Waals surface area contributed by atoms with Crippen molar-refractivity contribution in [2.24, 2.45) is 5.73 Å². The van der Waals surface area contributed by atoms with Crippen LogP contribution in [0.1, 0.15) is 53.5 Å². The molecule has 3 N–H and O–H groups in total. The second-order valence-electron chi connectivity index (χ2n) is 9.04. The SMILES string of the molecule is C[C@H](N)C(=O)C(CC(C)(C)c1ccc2ccccc2c1)NC(=O)OC(C)(C)C. The maximum Gasteiger partial charge on any atom is 0.408 e. The number of carbonyl (C=O) groups is 2. The third-order valence-electron chi connectivity index (χ3n) is 4.73. The number of ketones is 1. The summed E-state index contributed by atoms with van der Waals surface area (Å²) in [4.78, 5) is 24.9. The summed E-state index contributed by atoms with van der Waals surface area (Å²) in [5, 5.41) is 5.03. The topological polar surface area (TPSA) is 81.4 Å². The molecule has 0 bridgehead atoms. The third-order valence-corrected chi connectivity index (χ3v) is 4.73. The number of fused-ring (bicyclic) bond motifs is 1. The first-order chi connectivity index (χ1) is 12.9. The lowest BCUT2D eigenvalue weighted by Crippen LogP contribution is -2.50. The smallest absolute Gasteiger partial charge is 0.408 e. The number of benzene rings is 2. The summed E-state index contributed by atoms with van der Waals surface area (Å²) in [5.74, 6) is -0.209. The number of amides is 1. The first kappa shape index (κ1) is 21.9. The van der Waals surface area contributed by atoms with Crippen LogP contribution in [-0.4, -0.2) is 29.6 Å². The second kappa shape index (κ2) is 8.31. The van der Waals surface area contributed by atoms with Crippen molar-refractivity contribution in [1.29, 1.82) is 0 Å². The molecule has 0 saturated carbocycles. The molecule has 0 aliphatic heterocycles. The molecule has 2 rings (SSSR count). The lowest BCUT2D eigenvalue weighted by atomic mass is 9.77. The van der Waals surface area contributed by atoms with Gasteiger partial charge in [0.2, 0.25) is 0 Å². The van der Waals surface area contributed by atoms with Crippen LogP contribution in [0.25, 0.3) is 10.8 Å². The van der Waals surface area contributed by atoms with E-state index in [9.17, 15) is 9.59 Å². The van der Waals surface area contributed by atoms with E-state index in [0.29, 0.717) is 6.42 Å². The van der Waals surface area contributed by atoms with Gasteiger partial charge >= 0.3 is 6.09 Å². The van der Waals surface area contributed by atoms with Crippen molar-refractivity contribution in [2.75, 3.05) is 0 Å². The Morgan fingerprint density at radius 1 is 1.04 bits per heavy atom. The maximum absolute atomic E-state index is 12.7. The second-order valence-corrected chi connectivity index (χ2v) is 9.04. The van der Waals surface area contributed by atoms with Crippen molar-refractivity contribution in [3.8, 4) is 0 Å². The van der Waals surface area contributed by atoms with Crippen molar-refractivity contribution in [3.05, 3.63) is 48.0 Å². The fourth-order valence-electron chi connectivity index (χ4n) is 3.23. The summed E-state index contributed by atoms with van der Waals surface area (Å²) in [7, 11) is 0. The fraction of sp³-hybridized carbons (Fsp3) is 0.478. The summed E-state index contributed by atoms with van der Waals surface area (Å²) in [6.45, 7) is 11.1. The molecule has 0 spiro atoms. The number of carbonyl (C=O) groups excluding carboxylic acids is 2. The highest BCUT2D eigenvalue weighted by Gasteiger charge is 2.33. The first-order valence-electron chi connectivity index (χ1n) is 9.67. The van der Waals surface area contributed by atoms with Gasteiger partial charge in [0.05, 0.1) is 12.1 Å². The zero-order chi connectivity index (χ0) is 21.1. The maximum atomic E-state index is 12.7. The Morgan fingerprint density at radius 2 is 1.64 bits per heavy atom. The van der Waals surface area contributed by atoms with Gasteiger partial charge in [-0.2, -0.15) is 0 Å². The van der Waals surface area contributed by atoms with Crippen molar-refractivity contribution in [3.63, 3.8) is 0 Å². The van der Waals surface area contributed by atoms with E-state index in [1.54, 1.807) is 27.7 Å². The van der Waals surface area contributed by atoms with Gasteiger partial charge in [0.25, 0.3) is 0 Å². The number of nitrogens with two attached hydrogens (primary N) is 1. The molecule has 2 aromatic carbocycles.